The molecule has 0 aliphatic rings. The third-order valence-electron chi connectivity index (χ3n) is 2.71. The van der Waals surface area contributed by atoms with Gasteiger partial charge in [0, 0.05) is 22.8 Å². The fourth-order valence-electron chi connectivity index (χ4n) is 1.72. The van der Waals surface area contributed by atoms with Crippen LogP contribution in [0.4, 0.5) is 5.69 Å². The fraction of sp³-hybridized carbons (Fsp3) is 0.250. The van der Waals surface area contributed by atoms with Gasteiger partial charge in [-0.05, 0) is 19.1 Å². The number of rotatable bonds is 4. The number of aliphatic hydroxyl groups is 1. The standard InChI is InChI=1S/C12H12ClN3O3/c1-8(17)10-5-14-15(7-10)6-9-4-11(13)2-3-12(9)16(18)19/h2-5,7-8,17H,6H2,1H3. The lowest BCUT2D eigenvalue weighted by Crippen LogP contribution is -2.03. The minimum atomic E-state index is -0.622. The van der Waals surface area contributed by atoms with E-state index < -0.39 is 11.0 Å². The minimum Gasteiger partial charge on any atom is -0.389 e. The van der Waals surface area contributed by atoms with E-state index in [1.54, 1.807) is 19.2 Å². The quantitative estimate of drug-likeness (QED) is 0.690. The second kappa shape index (κ2) is 5.38. The predicted octanol–water partition coefficient (Wildman–Crippen LogP) is 2.55. The highest BCUT2D eigenvalue weighted by atomic mass is 35.5. The summed E-state index contributed by atoms with van der Waals surface area (Å²) in [4.78, 5) is 10.5. The number of hydrogen-bond donors (Lipinski definition) is 1. The number of benzene rings is 1. The van der Waals surface area contributed by atoms with Gasteiger partial charge in [-0.3, -0.25) is 14.8 Å². The van der Waals surface area contributed by atoms with Crippen LogP contribution in [0.1, 0.15) is 24.2 Å². The summed E-state index contributed by atoms with van der Waals surface area (Å²) < 4.78 is 1.53. The molecule has 1 unspecified atom stereocenters. The van der Waals surface area contributed by atoms with Crippen LogP contribution in [-0.4, -0.2) is 19.8 Å². The van der Waals surface area contributed by atoms with Crippen LogP contribution in [0.2, 0.25) is 5.02 Å². The molecular weight excluding hydrogens is 270 g/mol. The zero-order chi connectivity index (χ0) is 14.0. The molecule has 0 saturated heterocycles. The first-order chi connectivity index (χ1) is 8.97. The molecule has 0 aliphatic heterocycles. The van der Waals surface area contributed by atoms with Gasteiger partial charge in [0.05, 0.1) is 29.3 Å². The van der Waals surface area contributed by atoms with Crippen molar-refractivity contribution in [1.29, 1.82) is 0 Å². The highest BCUT2D eigenvalue weighted by Gasteiger charge is 2.15. The van der Waals surface area contributed by atoms with Gasteiger partial charge in [-0.2, -0.15) is 5.10 Å². The van der Waals surface area contributed by atoms with Gasteiger partial charge in [-0.15, -0.1) is 0 Å². The molecule has 1 aromatic heterocycles. The van der Waals surface area contributed by atoms with Gasteiger partial charge in [-0.25, -0.2) is 0 Å². The number of nitro benzene ring substituents is 1. The van der Waals surface area contributed by atoms with Crippen molar-refractivity contribution in [3.05, 3.63) is 56.9 Å². The molecule has 1 atom stereocenters. The molecule has 0 fully saturated rings. The Labute approximate surface area is 114 Å². The van der Waals surface area contributed by atoms with Crippen LogP contribution >= 0.6 is 11.6 Å². The molecule has 6 nitrogen and oxygen atoms in total. The molecule has 0 amide bonds. The van der Waals surface area contributed by atoms with Crippen molar-refractivity contribution in [3.63, 3.8) is 0 Å². The number of nitrogens with zero attached hydrogens (tertiary/aromatic N) is 3. The normalized spacial score (nSPS) is 12.4. The maximum Gasteiger partial charge on any atom is 0.274 e. The van der Waals surface area contributed by atoms with Crippen molar-refractivity contribution in [2.24, 2.45) is 0 Å². The summed E-state index contributed by atoms with van der Waals surface area (Å²) in [6.45, 7) is 1.85. The van der Waals surface area contributed by atoms with Crippen LogP contribution in [0.15, 0.2) is 30.6 Å². The van der Waals surface area contributed by atoms with Gasteiger partial charge in [0.25, 0.3) is 5.69 Å². The maximum absolute atomic E-state index is 10.9. The third-order valence-corrected chi connectivity index (χ3v) is 2.94. The Balaban J connectivity index is 2.31. The molecule has 0 spiro atoms. The third kappa shape index (κ3) is 3.10. The Morgan fingerprint density at radius 2 is 2.32 bits per heavy atom. The zero-order valence-corrected chi connectivity index (χ0v) is 10.9. The molecular formula is C12H12ClN3O3. The van der Waals surface area contributed by atoms with Gasteiger partial charge in [0.15, 0.2) is 0 Å². The summed E-state index contributed by atoms with van der Waals surface area (Å²) in [5, 5.41) is 24.8. The van der Waals surface area contributed by atoms with Crippen molar-refractivity contribution >= 4 is 17.3 Å². The minimum absolute atomic E-state index is 0.00139. The average Bonchev–Trinajstić information content (AvgIpc) is 2.77. The van der Waals surface area contributed by atoms with Crippen molar-refractivity contribution in [3.8, 4) is 0 Å². The summed E-state index contributed by atoms with van der Waals surface area (Å²) in [6.07, 6.45) is 2.55. The molecule has 1 heterocycles. The van der Waals surface area contributed by atoms with E-state index in [1.165, 1.54) is 23.0 Å². The van der Waals surface area contributed by atoms with E-state index in [0.717, 1.165) is 0 Å². The lowest BCUT2D eigenvalue weighted by molar-refractivity contribution is -0.385. The van der Waals surface area contributed by atoms with Crippen LogP contribution in [0.3, 0.4) is 0 Å². The van der Waals surface area contributed by atoms with Gasteiger partial charge in [0.1, 0.15) is 0 Å². The molecule has 2 aromatic rings. The molecule has 7 heteroatoms. The van der Waals surface area contributed by atoms with E-state index >= 15 is 0 Å². The van der Waals surface area contributed by atoms with Crippen LogP contribution < -0.4 is 0 Å². The van der Waals surface area contributed by atoms with Gasteiger partial charge in [0.2, 0.25) is 0 Å². The molecule has 2 rings (SSSR count). The first kappa shape index (κ1) is 13.5. The monoisotopic (exact) mass is 281 g/mol. The number of halogens is 1. The lowest BCUT2D eigenvalue weighted by atomic mass is 10.2. The van der Waals surface area contributed by atoms with Gasteiger partial charge >= 0.3 is 0 Å². The molecule has 0 radical (unpaired) electrons. The maximum atomic E-state index is 10.9. The zero-order valence-electron chi connectivity index (χ0n) is 10.2. The Morgan fingerprint density at radius 1 is 1.58 bits per heavy atom. The van der Waals surface area contributed by atoms with Crippen LogP contribution in [0, 0.1) is 10.1 Å². The molecule has 1 N–H and O–H groups in total. The van der Waals surface area contributed by atoms with Crippen molar-refractivity contribution in [2.75, 3.05) is 0 Å². The fourth-order valence-corrected chi connectivity index (χ4v) is 1.91. The smallest absolute Gasteiger partial charge is 0.274 e. The highest BCUT2D eigenvalue weighted by molar-refractivity contribution is 6.30. The summed E-state index contributed by atoms with van der Waals surface area (Å²) in [7, 11) is 0. The number of nitro groups is 1. The van der Waals surface area contributed by atoms with Crippen LogP contribution in [0.5, 0.6) is 0 Å². The van der Waals surface area contributed by atoms with E-state index in [1.807, 2.05) is 0 Å². The first-order valence-electron chi connectivity index (χ1n) is 5.60. The SMILES string of the molecule is CC(O)c1cnn(Cc2cc(Cl)ccc2[N+](=O)[O-])c1. The topological polar surface area (TPSA) is 81.2 Å². The van der Waals surface area contributed by atoms with E-state index in [9.17, 15) is 15.2 Å². The average molecular weight is 282 g/mol. The first-order valence-corrected chi connectivity index (χ1v) is 5.98. The Morgan fingerprint density at radius 3 is 2.89 bits per heavy atom. The second-order valence-electron chi connectivity index (χ2n) is 4.18. The summed E-state index contributed by atoms with van der Waals surface area (Å²) in [5.74, 6) is 0. The molecule has 0 bridgehead atoms. The summed E-state index contributed by atoms with van der Waals surface area (Å²) >= 11 is 5.85. The number of aliphatic hydroxyl groups excluding tert-OH is 1. The van der Waals surface area contributed by atoms with Crippen molar-refractivity contribution in [2.45, 2.75) is 19.6 Å². The molecule has 100 valence electrons. The summed E-state index contributed by atoms with van der Waals surface area (Å²) in [5.41, 5.74) is 1.13. The molecule has 0 aliphatic carbocycles. The van der Waals surface area contributed by atoms with E-state index in [2.05, 4.69) is 5.10 Å². The Kier molecular flexibility index (Phi) is 3.82. The van der Waals surface area contributed by atoms with Gasteiger partial charge in [-0.1, -0.05) is 11.6 Å². The Hall–Kier alpha value is -1.92. The molecule has 0 saturated carbocycles. The largest absolute Gasteiger partial charge is 0.389 e. The van der Waals surface area contributed by atoms with E-state index in [4.69, 9.17) is 11.6 Å². The number of hydrogen-bond acceptors (Lipinski definition) is 4. The van der Waals surface area contributed by atoms with Crippen LogP contribution in [0.25, 0.3) is 0 Å². The second-order valence-corrected chi connectivity index (χ2v) is 4.61. The molecule has 1 aromatic carbocycles. The molecule has 19 heavy (non-hydrogen) atoms. The van der Waals surface area contributed by atoms with Crippen LogP contribution in [-0.2, 0) is 6.54 Å². The van der Waals surface area contributed by atoms with E-state index in [-0.39, 0.29) is 12.2 Å². The highest BCUT2D eigenvalue weighted by Crippen LogP contribution is 2.23. The number of aromatic nitrogens is 2. The summed E-state index contributed by atoms with van der Waals surface area (Å²) in [6, 6.07) is 4.40. The lowest BCUT2D eigenvalue weighted by Gasteiger charge is -2.04. The van der Waals surface area contributed by atoms with Crippen molar-refractivity contribution < 1.29 is 10.0 Å². The predicted molar refractivity (Wildman–Crippen MR) is 70.1 cm³/mol. The van der Waals surface area contributed by atoms with E-state index in [0.29, 0.717) is 16.1 Å². The van der Waals surface area contributed by atoms with Crippen molar-refractivity contribution in [1.82, 2.24) is 9.78 Å². The van der Waals surface area contributed by atoms with Gasteiger partial charge < -0.3 is 5.11 Å². The Bertz CT molecular complexity index is 610.